The van der Waals surface area contributed by atoms with Crippen molar-refractivity contribution < 1.29 is 4.68 Å². The van der Waals surface area contributed by atoms with E-state index in [0.29, 0.717) is 6.54 Å². The molecule has 2 aromatic heterocycles. The van der Waals surface area contributed by atoms with E-state index in [4.69, 9.17) is 0 Å². The third-order valence-electron chi connectivity index (χ3n) is 3.06. The molecule has 0 fully saturated rings. The summed E-state index contributed by atoms with van der Waals surface area (Å²) in [6.07, 6.45) is 3.84. The molecule has 0 N–H and O–H groups in total. The van der Waals surface area contributed by atoms with Crippen molar-refractivity contribution in [1.82, 2.24) is 14.9 Å². The predicted molar refractivity (Wildman–Crippen MR) is 79.9 cm³/mol. The van der Waals surface area contributed by atoms with Crippen LogP contribution < -0.4 is 4.68 Å². The summed E-state index contributed by atoms with van der Waals surface area (Å²) in [6.45, 7) is 0.672. The van der Waals surface area contributed by atoms with E-state index in [9.17, 15) is 0 Å². The molecule has 5 heteroatoms. The molecule has 0 aliphatic carbocycles. The maximum absolute atomic E-state index is 4.49. The first-order valence-corrected chi connectivity index (χ1v) is 7.11. The second-order valence-electron chi connectivity index (χ2n) is 4.55. The summed E-state index contributed by atoms with van der Waals surface area (Å²) in [5.41, 5.74) is 3.22. The number of benzene rings is 1. The van der Waals surface area contributed by atoms with Crippen LogP contribution in [0.1, 0.15) is 5.69 Å². The van der Waals surface area contributed by atoms with Gasteiger partial charge >= 0.3 is 0 Å². The molecule has 0 aliphatic heterocycles. The minimum absolute atomic E-state index is 0.672. The predicted octanol–water partition coefficient (Wildman–Crippen LogP) is 2.58. The Morgan fingerprint density at radius 2 is 1.95 bits per heavy atom. The topological polar surface area (TPSA) is 34.6 Å². The van der Waals surface area contributed by atoms with Crippen molar-refractivity contribution in [2.24, 2.45) is 7.05 Å². The number of pyridine rings is 1. The van der Waals surface area contributed by atoms with Crippen LogP contribution in [0.5, 0.6) is 0 Å². The lowest BCUT2D eigenvalue weighted by Crippen LogP contribution is -2.36. The van der Waals surface area contributed by atoms with Gasteiger partial charge in [-0.25, -0.2) is 0 Å². The Labute approximate surface area is 125 Å². The fourth-order valence-electron chi connectivity index (χ4n) is 2.09. The number of halogens is 1. The van der Waals surface area contributed by atoms with Gasteiger partial charge in [0.25, 0.3) is 0 Å². The summed E-state index contributed by atoms with van der Waals surface area (Å²) < 4.78 is 4.86. The monoisotopic (exact) mass is 329 g/mol. The summed E-state index contributed by atoms with van der Waals surface area (Å²) in [6, 6.07) is 14.1. The van der Waals surface area contributed by atoms with Gasteiger partial charge in [0.05, 0.1) is 10.9 Å². The summed E-state index contributed by atoms with van der Waals surface area (Å²) in [5.74, 6) is 0. The van der Waals surface area contributed by atoms with Gasteiger partial charge in [0, 0.05) is 16.2 Å². The molecule has 0 amide bonds. The zero-order valence-electron chi connectivity index (χ0n) is 11.1. The van der Waals surface area contributed by atoms with Gasteiger partial charge in [0.2, 0.25) is 0 Å². The van der Waals surface area contributed by atoms with Crippen molar-refractivity contribution in [3.05, 3.63) is 65.0 Å². The van der Waals surface area contributed by atoms with Crippen molar-refractivity contribution in [1.29, 1.82) is 0 Å². The van der Waals surface area contributed by atoms with Gasteiger partial charge in [-0.2, -0.15) is 0 Å². The van der Waals surface area contributed by atoms with E-state index >= 15 is 0 Å². The number of rotatable bonds is 3. The second kappa shape index (κ2) is 5.54. The van der Waals surface area contributed by atoms with Crippen LogP contribution in [0.15, 0.2) is 59.3 Å². The smallest absolute Gasteiger partial charge is 0.197 e. The summed E-state index contributed by atoms with van der Waals surface area (Å²) in [4.78, 5) is 4.32. The SMILES string of the molecule is Cn1n[n+](Cc2ccccn2)cc1-c1ccc(Br)cc1. The van der Waals surface area contributed by atoms with Gasteiger partial charge in [0.15, 0.2) is 18.4 Å². The van der Waals surface area contributed by atoms with Crippen molar-refractivity contribution in [3.63, 3.8) is 0 Å². The molecule has 0 aliphatic rings. The Kier molecular flexibility index (Phi) is 3.60. The maximum Gasteiger partial charge on any atom is 0.197 e. The quantitative estimate of drug-likeness (QED) is 0.692. The third kappa shape index (κ3) is 2.77. The Balaban J connectivity index is 1.89. The number of aryl methyl sites for hydroxylation is 1. The fraction of sp³-hybridized carbons (Fsp3) is 0.133. The Morgan fingerprint density at radius 1 is 1.15 bits per heavy atom. The van der Waals surface area contributed by atoms with E-state index in [0.717, 1.165) is 21.4 Å². The normalized spacial score (nSPS) is 10.7. The highest BCUT2D eigenvalue weighted by Crippen LogP contribution is 2.19. The van der Waals surface area contributed by atoms with Crippen LogP contribution in [0.4, 0.5) is 0 Å². The largest absolute Gasteiger partial charge is 0.257 e. The molecule has 0 radical (unpaired) electrons. The molecule has 3 rings (SSSR count). The van der Waals surface area contributed by atoms with Gasteiger partial charge in [-0.1, -0.05) is 22.0 Å². The highest BCUT2D eigenvalue weighted by Gasteiger charge is 2.15. The zero-order valence-corrected chi connectivity index (χ0v) is 12.7. The molecule has 0 spiro atoms. The van der Waals surface area contributed by atoms with E-state index in [2.05, 4.69) is 38.3 Å². The molecule has 2 heterocycles. The number of nitrogens with zero attached hydrogens (tertiary/aromatic N) is 4. The van der Waals surface area contributed by atoms with Crippen molar-refractivity contribution >= 4 is 15.9 Å². The fourth-order valence-corrected chi connectivity index (χ4v) is 2.35. The van der Waals surface area contributed by atoms with Gasteiger partial charge in [-0.15, -0.1) is 9.36 Å². The van der Waals surface area contributed by atoms with Gasteiger partial charge in [-0.05, 0) is 36.4 Å². The Bertz CT molecular complexity index is 704. The van der Waals surface area contributed by atoms with Crippen molar-refractivity contribution in [2.45, 2.75) is 6.54 Å². The van der Waals surface area contributed by atoms with Crippen LogP contribution in [0.3, 0.4) is 0 Å². The number of hydrogen-bond acceptors (Lipinski definition) is 2. The maximum atomic E-state index is 4.49. The summed E-state index contributed by atoms with van der Waals surface area (Å²) >= 11 is 3.45. The lowest BCUT2D eigenvalue weighted by Gasteiger charge is -1.95. The van der Waals surface area contributed by atoms with Crippen LogP contribution in [0, 0.1) is 0 Å². The van der Waals surface area contributed by atoms with Crippen LogP contribution in [-0.4, -0.2) is 14.9 Å². The standard InChI is InChI=1S/C15H14BrN4/c1-19-15(12-5-7-13(16)8-6-12)11-20(18-19)10-14-4-2-3-9-17-14/h2-9,11H,10H2,1H3/q+1. The average Bonchev–Trinajstić information content (AvgIpc) is 2.81. The number of hydrogen-bond donors (Lipinski definition) is 0. The molecule has 0 saturated heterocycles. The van der Waals surface area contributed by atoms with Crippen molar-refractivity contribution in [3.8, 4) is 11.3 Å². The molecule has 3 aromatic rings. The molecule has 0 atom stereocenters. The molecular weight excluding hydrogens is 316 g/mol. The minimum Gasteiger partial charge on any atom is -0.257 e. The van der Waals surface area contributed by atoms with Crippen LogP contribution in [0.25, 0.3) is 11.3 Å². The highest BCUT2D eigenvalue weighted by molar-refractivity contribution is 9.10. The molecular formula is C15H14BrN4+. The molecule has 100 valence electrons. The van der Waals surface area contributed by atoms with E-state index in [1.165, 1.54) is 0 Å². The van der Waals surface area contributed by atoms with Crippen LogP contribution >= 0.6 is 15.9 Å². The Hall–Kier alpha value is -2.01. The third-order valence-corrected chi connectivity index (χ3v) is 3.59. The van der Waals surface area contributed by atoms with E-state index < -0.39 is 0 Å². The number of aromatic nitrogens is 4. The lowest BCUT2D eigenvalue weighted by molar-refractivity contribution is -0.747. The lowest BCUT2D eigenvalue weighted by atomic mass is 10.2. The summed E-state index contributed by atoms with van der Waals surface area (Å²) in [7, 11) is 1.95. The van der Waals surface area contributed by atoms with E-state index in [1.54, 1.807) is 6.20 Å². The van der Waals surface area contributed by atoms with Crippen LogP contribution in [0.2, 0.25) is 0 Å². The summed E-state index contributed by atoms with van der Waals surface area (Å²) in [5, 5.41) is 4.49. The highest BCUT2D eigenvalue weighted by atomic mass is 79.9. The minimum atomic E-state index is 0.672. The zero-order chi connectivity index (χ0) is 13.9. The van der Waals surface area contributed by atoms with Gasteiger partial charge < -0.3 is 0 Å². The van der Waals surface area contributed by atoms with Crippen LogP contribution in [-0.2, 0) is 13.6 Å². The molecule has 4 nitrogen and oxygen atoms in total. The van der Waals surface area contributed by atoms with E-state index in [1.807, 2.05) is 52.9 Å². The van der Waals surface area contributed by atoms with Crippen molar-refractivity contribution in [2.75, 3.05) is 0 Å². The van der Waals surface area contributed by atoms with Gasteiger partial charge in [0.1, 0.15) is 7.05 Å². The van der Waals surface area contributed by atoms with Gasteiger partial charge in [-0.3, -0.25) is 4.98 Å². The molecule has 0 saturated carbocycles. The molecule has 0 bridgehead atoms. The molecule has 1 aromatic carbocycles. The molecule has 20 heavy (non-hydrogen) atoms. The molecule has 0 unspecified atom stereocenters. The first-order chi connectivity index (χ1) is 9.72. The van der Waals surface area contributed by atoms with E-state index in [-0.39, 0.29) is 0 Å². The first kappa shape index (κ1) is 13.0. The average molecular weight is 330 g/mol. The Morgan fingerprint density at radius 3 is 2.65 bits per heavy atom. The second-order valence-corrected chi connectivity index (χ2v) is 5.47. The first-order valence-electron chi connectivity index (χ1n) is 6.32.